The van der Waals surface area contributed by atoms with Crippen LogP contribution in [-0.2, 0) is 10.5 Å². The van der Waals surface area contributed by atoms with Crippen molar-refractivity contribution in [2.45, 2.75) is 12.6 Å². The Morgan fingerprint density at radius 2 is 2.14 bits per heavy atom. The molecule has 1 amide bonds. The fraction of sp³-hybridized carbons (Fsp3) is 0.300. The van der Waals surface area contributed by atoms with Crippen LogP contribution >= 0.6 is 11.6 Å². The van der Waals surface area contributed by atoms with Crippen LogP contribution in [0.2, 0.25) is 5.02 Å². The van der Waals surface area contributed by atoms with Crippen LogP contribution in [0.3, 0.4) is 0 Å². The Morgan fingerprint density at radius 1 is 1.50 bits per heavy atom. The third-order valence-corrected chi connectivity index (χ3v) is 2.84. The van der Waals surface area contributed by atoms with Gasteiger partial charge in [-0.2, -0.15) is 0 Å². The standard InChI is InChI=1S/C10H9ClFNO/c1-10(12)8-6(11)4-3-5-7(8)13(2)9(10)14/h3-5H,1-2H3. The molecule has 1 aliphatic heterocycles. The van der Waals surface area contributed by atoms with E-state index in [9.17, 15) is 9.18 Å². The predicted octanol–water partition coefficient (Wildman–Crippen LogP) is 2.50. The van der Waals surface area contributed by atoms with Gasteiger partial charge in [0.15, 0.2) is 0 Å². The van der Waals surface area contributed by atoms with E-state index in [2.05, 4.69) is 0 Å². The maximum absolute atomic E-state index is 14.0. The zero-order valence-corrected chi connectivity index (χ0v) is 8.60. The maximum Gasteiger partial charge on any atom is 0.268 e. The lowest BCUT2D eigenvalue weighted by Gasteiger charge is -2.12. The van der Waals surface area contributed by atoms with Crippen molar-refractivity contribution in [3.8, 4) is 0 Å². The molecule has 1 aromatic carbocycles. The summed E-state index contributed by atoms with van der Waals surface area (Å²) in [5.74, 6) is -0.569. The maximum atomic E-state index is 14.0. The summed E-state index contributed by atoms with van der Waals surface area (Å²) in [7, 11) is 1.54. The Morgan fingerprint density at radius 3 is 2.71 bits per heavy atom. The predicted molar refractivity (Wildman–Crippen MR) is 53.3 cm³/mol. The number of fused-ring (bicyclic) bond motifs is 1. The summed E-state index contributed by atoms with van der Waals surface area (Å²) >= 11 is 5.87. The van der Waals surface area contributed by atoms with E-state index in [1.807, 2.05) is 0 Å². The zero-order valence-electron chi connectivity index (χ0n) is 7.84. The molecule has 0 bridgehead atoms. The van der Waals surface area contributed by atoms with Crippen LogP contribution in [-0.4, -0.2) is 13.0 Å². The van der Waals surface area contributed by atoms with Gasteiger partial charge in [-0.1, -0.05) is 17.7 Å². The summed E-state index contributed by atoms with van der Waals surface area (Å²) in [5, 5.41) is 0.296. The zero-order chi connectivity index (χ0) is 10.5. The van der Waals surface area contributed by atoms with Gasteiger partial charge in [0.2, 0.25) is 5.67 Å². The first-order valence-electron chi connectivity index (χ1n) is 4.22. The Labute approximate surface area is 86.3 Å². The lowest BCUT2D eigenvalue weighted by atomic mass is 10.00. The van der Waals surface area contributed by atoms with Gasteiger partial charge in [-0.15, -0.1) is 0 Å². The van der Waals surface area contributed by atoms with Crippen LogP contribution in [0.25, 0.3) is 0 Å². The van der Waals surface area contributed by atoms with E-state index in [4.69, 9.17) is 11.6 Å². The molecular formula is C10H9ClFNO. The second-order valence-corrected chi connectivity index (χ2v) is 3.91. The number of nitrogens with zero attached hydrogens (tertiary/aromatic N) is 1. The number of rotatable bonds is 0. The second-order valence-electron chi connectivity index (χ2n) is 3.50. The highest BCUT2D eigenvalue weighted by Crippen LogP contribution is 2.45. The topological polar surface area (TPSA) is 20.3 Å². The van der Waals surface area contributed by atoms with Crippen LogP contribution in [0.15, 0.2) is 18.2 Å². The summed E-state index contributed by atoms with van der Waals surface area (Å²) in [4.78, 5) is 12.8. The smallest absolute Gasteiger partial charge is 0.268 e. The summed E-state index contributed by atoms with van der Waals surface area (Å²) in [6, 6.07) is 4.97. The molecule has 1 heterocycles. The molecule has 0 saturated carbocycles. The van der Waals surface area contributed by atoms with E-state index in [1.54, 1.807) is 25.2 Å². The van der Waals surface area contributed by atoms with E-state index in [0.29, 0.717) is 10.7 Å². The highest BCUT2D eigenvalue weighted by molar-refractivity contribution is 6.33. The fourth-order valence-electron chi connectivity index (χ4n) is 1.79. The molecule has 1 atom stereocenters. The van der Waals surface area contributed by atoms with E-state index >= 15 is 0 Å². The summed E-state index contributed by atoms with van der Waals surface area (Å²) in [5.41, 5.74) is -1.18. The van der Waals surface area contributed by atoms with Crippen molar-refractivity contribution in [2.75, 3.05) is 11.9 Å². The van der Waals surface area contributed by atoms with Crippen molar-refractivity contribution in [2.24, 2.45) is 0 Å². The van der Waals surface area contributed by atoms with Crippen molar-refractivity contribution in [3.05, 3.63) is 28.8 Å². The quantitative estimate of drug-likeness (QED) is 0.649. The van der Waals surface area contributed by atoms with Gasteiger partial charge in [0.05, 0.1) is 5.69 Å². The lowest BCUT2D eigenvalue weighted by molar-refractivity contribution is -0.127. The van der Waals surface area contributed by atoms with Crippen LogP contribution < -0.4 is 4.90 Å². The molecule has 1 unspecified atom stereocenters. The summed E-state index contributed by atoms with van der Waals surface area (Å²) in [6.07, 6.45) is 0. The lowest BCUT2D eigenvalue weighted by Crippen LogP contribution is -2.32. The van der Waals surface area contributed by atoms with E-state index in [-0.39, 0.29) is 5.56 Å². The first-order valence-corrected chi connectivity index (χ1v) is 4.60. The van der Waals surface area contributed by atoms with Gasteiger partial charge in [-0.25, -0.2) is 4.39 Å². The third-order valence-electron chi connectivity index (χ3n) is 2.53. The molecule has 74 valence electrons. The number of amides is 1. The third kappa shape index (κ3) is 0.989. The SMILES string of the molecule is CN1C(=O)C(C)(F)c2c(Cl)cccc21. The Bertz CT molecular complexity index is 417. The molecular weight excluding hydrogens is 205 g/mol. The number of hydrogen-bond donors (Lipinski definition) is 0. The van der Waals surface area contributed by atoms with Crippen molar-refractivity contribution >= 4 is 23.2 Å². The molecule has 0 radical (unpaired) electrons. The van der Waals surface area contributed by atoms with Crippen LogP contribution in [0.4, 0.5) is 10.1 Å². The highest BCUT2D eigenvalue weighted by Gasteiger charge is 2.47. The molecule has 0 N–H and O–H groups in total. The van der Waals surface area contributed by atoms with Gasteiger partial charge in [-0.05, 0) is 19.1 Å². The molecule has 2 rings (SSSR count). The number of alkyl halides is 1. The molecule has 14 heavy (non-hydrogen) atoms. The Hall–Kier alpha value is -1.09. The number of anilines is 1. The molecule has 0 aliphatic carbocycles. The molecule has 1 aromatic rings. The van der Waals surface area contributed by atoms with Crippen molar-refractivity contribution in [3.63, 3.8) is 0 Å². The van der Waals surface area contributed by atoms with Crippen LogP contribution in [0, 0.1) is 0 Å². The number of halogens is 2. The molecule has 4 heteroatoms. The molecule has 0 saturated heterocycles. The molecule has 0 spiro atoms. The summed E-state index contributed by atoms with van der Waals surface area (Å²) in [6.45, 7) is 1.24. The molecule has 0 aromatic heterocycles. The second kappa shape index (κ2) is 2.70. The van der Waals surface area contributed by atoms with Crippen molar-refractivity contribution in [1.29, 1.82) is 0 Å². The van der Waals surface area contributed by atoms with Gasteiger partial charge < -0.3 is 4.90 Å². The van der Waals surface area contributed by atoms with Gasteiger partial charge in [0.25, 0.3) is 5.91 Å². The number of benzene rings is 1. The van der Waals surface area contributed by atoms with Gasteiger partial charge in [0.1, 0.15) is 0 Å². The van der Waals surface area contributed by atoms with E-state index in [0.717, 1.165) is 0 Å². The fourth-order valence-corrected chi connectivity index (χ4v) is 2.14. The highest BCUT2D eigenvalue weighted by atomic mass is 35.5. The number of likely N-dealkylation sites (N-methyl/N-ethyl adjacent to an activating group) is 1. The normalized spacial score (nSPS) is 25.4. The molecule has 2 nitrogen and oxygen atoms in total. The van der Waals surface area contributed by atoms with Crippen LogP contribution in [0.5, 0.6) is 0 Å². The number of carbonyl (C=O) groups is 1. The minimum Gasteiger partial charge on any atom is -0.312 e. The van der Waals surface area contributed by atoms with E-state index in [1.165, 1.54) is 11.8 Å². The minimum atomic E-state index is -2.00. The minimum absolute atomic E-state index is 0.272. The molecule has 0 fully saturated rings. The average molecular weight is 214 g/mol. The van der Waals surface area contributed by atoms with Crippen LogP contribution in [0.1, 0.15) is 12.5 Å². The first kappa shape index (κ1) is 9.46. The van der Waals surface area contributed by atoms with Gasteiger partial charge in [-0.3, -0.25) is 4.79 Å². The average Bonchev–Trinajstić information content (AvgIpc) is 2.29. The van der Waals surface area contributed by atoms with Crippen molar-refractivity contribution < 1.29 is 9.18 Å². The van der Waals surface area contributed by atoms with E-state index < -0.39 is 11.6 Å². The Kier molecular flexibility index (Phi) is 1.83. The van der Waals surface area contributed by atoms with Gasteiger partial charge >= 0.3 is 0 Å². The first-order chi connectivity index (χ1) is 6.46. The molecule has 1 aliphatic rings. The van der Waals surface area contributed by atoms with Crippen molar-refractivity contribution in [1.82, 2.24) is 0 Å². The largest absolute Gasteiger partial charge is 0.312 e. The Balaban J connectivity index is 2.75. The summed E-state index contributed by atoms with van der Waals surface area (Å²) < 4.78 is 14.0. The number of carbonyl (C=O) groups excluding carboxylic acids is 1. The monoisotopic (exact) mass is 213 g/mol. The van der Waals surface area contributed by atoms with Gasteiger partial charge in [0, 0.05) is 17.6 Å². The number of hydrogen-bond acceptors (Lipinski definition) is 1.